The lowest BCUT2D eigenvalue weighted by Crippen LogP contribution is -2.37. The van der Waals surface area contributed by atoms with E-state index in [-0.39, 0.29) is 22.2 Å². The van der Waals surface area contributed by atoms with E-state index in [4.69, 9.17) is 4.42 Å². The van der Waals surface area contributed by atoms with Gasteiger partial charge < -0.3 is 9.32 Å². The van der Waals surface area contributed by atoms with Gasteiger partial charge in [0.05, 0.1) is 16.1 Å². The van der Waals surface area contributed by atoms with Gasteiger partial charge in [0.1, 0.15) is 11.2 Å². The first-order valence-electron chi connectivity index (χ1n) is 26.2. The molecule has 1 aliphatic rings. The molecule has 0 spiro atoms. The van der Waals surface area contributed by atoms with Crippen LogP contribution in [0.25, 0.3) is 54.6 Å². The Morgan fingerprint density at radius 1 is 0.458 bits per heavy atom. The van der Waals surface area contributed by atoms with Crippen LogP contribution in [0.3, 0.4) is 0 Å². The summed E-state index contributed by atoms with van der Waals surface area (Å²) in [4.78, 5) is 2.41. The third-order valence-electron chi connectivity index (χ3n) is 16.0. The molecule has 0 bridgehead atoms. The smallest absolute Gasteiger partial charge is 0.140 e. The van der Waals surface area contributed by atoms with Crippen molar-refractivity contribution < 1.29 is 4.42 Å². The Bertz CT molecular complexity index is 3600. The van der Waals surface area contributed by atoms with Crippen LogP contribution in [0.4, 0.5) is 17.1 Å². The van der Waals surface area contributed by atoms with Gasteiger partial charge in [0, 0.05) is 50.8 Å². The van der Waals surface area contributed by atoms with Crippen molar-refractivity contribution in [2.75, 3.05) is 4.90 Å². The molecule has 0 N–H and O–H groups in total. The molecule has 10 aromatic rings. The Labute approximate surface area is 430 Å². The van der Waals surface area contributed by atoms with Gasteiger partial charge in [0.25, 0.3) is 0 Å². The van der Waals surface area contributed by atoms with Crippen molar-refractivity contribution in [1.29, 1.82) is 0 Å². The molecule has 1 heterocycles. The summed E-state index contributed by atoms with van der Waals surface area (Å²) < 4.78 is 7.65. The maximum Gasteiger partial charge on any atom is 0.140 e. The number of hydrogen-bond acceptors (Lipinski definition) is 2. The van der Waals surface area contributed by atoms with Gasteiger partial charge in [-0.25, -0.2) is 0 Å². The minimum atomic E-state index is -1.57. The highest BCUT2D eigenvalue weighted by molar-refractivity contribution is 6.89. The first kappa shape index (κ1) is 47.8. The van der Waals surface area contributed by atoms with Crippen LogP contribution >= 0.6 is 0 Å². The summed E-state index contributed by atoms with van der Waals surface area (Å²) in [6, 6.07) is 65.3. The number of furan rings is 1. The summed E-state index contributed by atoms with van der Waals surface area (Å²) in [5.41, 5.74) is 16.7. The number of fused-ring (bicyclic) bond motifs is 12. The highest BCUT2D eigenvalue weighted by Crippen LogP contribution is 2.59. The molecule has 9 aromatic carbocycles. The lowest BCUT2D eigenvalue weighted by Gasteiger charge is -2.27. The maximum absolute atomic E-state index is 7.65. The van der Waals surface area contributed by atoms with Crippen molar-refractivity contribution in [3.8, 4) is 11.1 Å². The van der Waals surface area contributed by atoms with Crippen molar-refractivity contribution >= 4 is 87.1 Å². The van der Waals surface area contributed by atoms with E-state index in [9.17, 15) is 0 Å². The number of anilines is 3. The Balaban J connectivity index is 1.23. The van der Waals surface area contributed by atoms with Crippen molar-refractivity contribution in [3.05, 3.63) is 209 Å². The predicted molar refractivity (Wildman–Crippen MR) is 318 cm³/mol. The summed E-state index contributed by atoms with van der Waals surface area (Å²) in [6.45, 7) is 33.3. The van der Waals surface area contributed by atoms with Crippen LogP contribution in [0.1, 0.15) is 100 Å². The lowest BCUT2D eigenvalue weighted by atomic mass is 9.76. The molecule has 362 valence electrons. The lowest BCUT2D eigenvalue weighted by molar-refractivity contribution is 0.589. The fourth-order valence-corrected chi connectivity index (χ4v) is 14.2. The molecule has 11 rings (SSSR count). The Morgan fingerprint density at radius 2 is 0.903 bits per heavy atom. The zero-order valence-electron chi connectivity index (χ0n) is 45.1. The molecule has 72 heavy (non-hydrogen) atoms. The zero-order valence-corrected chi connectivity index (χ0v) is 47.1. The summed E-state index contributed by atoms with van der Waals surface area (Å²) in [6.07, 6.45) is 0. The Kier molecular flexibility index (Phi) is 11.2. The molecule has 0 aliphatic heterocycles. The quantitative estimate of drug-likeness (QED) is 0.0857. The van der Waals surface area contributed by atoms with Crippen LogP contribution in [-0.4, -0.2) is 16.1 Å². The molecule has 1 aliphatic carbocycles. The van der Waals surface area contributed by atoms with E-state index in [1.807, 2.05) is 0 Å². The van der Waals surface area contributed by atoms with Crippen molar-refractivity contribution in [3.63, 3.8) is 0 Å². The van der Waals surface area contributed by atoms with Crippen LogP contribution in [0.2, 0.25) is 39.3 Å². The molecular weight excluding hydrogens is 903 g/mol. The molecule has 1 aromatic heterocycles. The summed E-state index contributed by atoms with van der Waals surface area (Å²) in [5, 5.41) is 10.5. The topological polar surface area (TPSA) is 16.4 Å². The van der Waals surface area contributed by atoms with E-state index < -0.39 is 16.1 Å². The fraction of sp³-hybridized carbons (Fsp3) is 0.265. The van der Waals surface area contributed by atoms with Crippen molar-refractivity contribution in [1.82, 2.24) is 0 Å². The maximum atomic E-state index is 7.65. The minimum absolute atomic E-state index is 0.0323. The van der Waals surface area contributed by atoms with Crippen LogP contribution in [0.15, 0.2) is 174 Å². The first-order valence-corrected chi connectivity index (χ1v) is 33.2. The van der Waals surface area contributed by atoms with E-state index in [1.165, 1.54) is 87.4 Å². The molecular formula is C68H71NOSi2. The normalized spacial score (nSPS) is 14.3. The Hall–Kier alpha value is -6.47. The van der Waals surface area contributed by atoms with Crippen LogP contribution in [0.5, 0.6) is 0 Å². The molecule has 4 heteroatoms. The van der Waals surface area contributed by atoms with Crippen LogP contribution < -0.4 is 15.3 Å². The van der Waals surface area contributed by atoms with Crippen LogP contribution in [-0.2, 0) is 16.2 Å². The molecule has 0 radical (unpaired) electrons. The van der Waals surface area contributed by atoms with Gasteiger partial charge in [-0.1, -0.05) is 226 Å². The fourth-order valence-electron chi connectivity index (χ4n) is 11.8. The SMILES string of the molecule is CC(C)(C)c1ccc(C(c2ccc([Si](C)(C)C)cc2)c2cc3c(c4c2oc2cc(N(c5ccc(C(C)(C)C)cc5)c5ccc([Si](C)(C)C)cc5)ccc24)-c2c(c4ccccc4c4ccccc24)C3(C)C)cc1. The van der Waals surface area contributed by atoms with E-state index in [0.717, 1.165) is 33.6 Å². The number of benzene rings is 9. The van der Waals surface area contributed by atoms with Crippen molar-refractivity contribution in [2.45, 2.75) is 117 Å². The highest BCUT2D eigenvalue weighted by atomic mass is 28.3. The van der Waals surface area contributed by atoms with Gasteiger partial charge in [-0.15, -0.1) is 0 Å². The number of hydrogen-bond donors (Lipinski definition) is 0. The standard InChI is InChI=1S/C68H71NOSi2/c1-66(2,3)45-27-23-43(24-28-45)60(44-25-36-50(37-26-44)71(9,10)11)57-42-58-63(61-54-21-17-15-19-52(54)53-20-16-18-22-55(53)64(61)68(58,7)8)62-56-40-35-49(41-59(56)70-65(57)62)69(47-31-29-46(30-32-47)67(4,5)6)48-33-38-51(39-34-48)72(12,13)14/h15-42,60H,1-14H3. The number of nitrogens with zero attached hydrogens (tertiary/aromatic N) is 1. The molecule has 2 nitrogen and oxygen atoms in total. The number of rotatable bonds is 8. The monoisotopic (exact) mass is 974 g/mol. The highest BCUT2D eigenvalue weighted by Gasteiger charge is 2.42. The molecule has 1 unspecified atom stereocenters. The van der Waals surface area contributed by atoms with E-state index in [1.54, 1.807) is 0 Å². The molecule has 0 saturated carbocycles. The van der Waals surface area contributed by atoms with Crippen LogP contribution in [0, 0.1) is 0 Å². The third kappa shape index (κ3) is 7.97. The largest absolute Gasteiger partial charge is 0.456 e. The second-order valence-electron chi connectivity index (χ2n) is 25.4. The average molecular weight is 974 g/mol. The van der Waals surface area contributed by atoms with E-state index in [2.05, 4.69) is 269 Å². The zero-order chi connectivity index (χ0) is 50.9. The van der Waals surface area contributed by atoms with E-state index >= 15 is 0 Å². The molecule has 0 amide bonds. The molecule has 1 atom stereocenters. The van der Waals surface area contributed by atoms with Gasteiger partial charge in [-0.2, -0.15) is 0 Å². The van der Waals surface area contributed by atoms with E-state index in [0.29, 0.717) is 0 Å². The summed E-state index contributed by atoms with van der Waals surface area (Å²) >= 11 is 0. The van der Waals surface area contributed by atoms with Gasteiger partial charge in [-0.3, -0.25) is 0 Å². The van der Waals surface area contributed by atoms with Gasteiger partial charge in [0.15, 0.2) is 0 Å². The summed E-state index contributed by atoms with van der Waals surface area (Å²) in [5.74, 6) is -0.0850. The average Bonchev–Trinajstić information content (AvgIpc) is 3.83. The Morgan fingerprint density at radius 3 is 1.43 bits per heavy atom. The molecule has 0 fully saturated rings. The first-order chi connectivity index (χ1) is 34.0. The third-order valence-corrected chi connectivity index (χ3v) is 20.1. The van der Waals surface area contributed by atoms with Gasteiger partial charge in [-0.05, 0) is 119 Å². The summed E-state index contributed by atoms with van der Waals surface area (Å²) in [7, 11) is -3.09. The molecule has 0 saturated heterocycles. The predicted octanol–water partition coefficient (Wildman–Crippen LogP) is 18.5. The van der Waals surface area contributed by atoms with Gasteiger partial charge >= 0.3 is 0 Å². The second-order valence-corrected chi connectivity index (χ2v) is 35.6. The van der Waals surface area contributed by atoms with Gasteiger partial charge in [0.2, 0.25) is 0 Å². The minimum Gasteiger partial charge on any atom is -0.456 e. The second kappa shape index (κ2) is 16.8. The van der Waals surface area contributed by atoms with Crippen molar-refractivity contribution in [2.24, 2.45) is 0 Å².